The molecule has 2 amide bonds. The topological polar surface area (TPSA) is 125 Å². The van der Waals surface area contributed by atoms with Crippen LogP contribution in [0.25, 0.3) is 11.0 Å². The highest BCUT2D eigenvalue weighted by molar-refractivity contribution is 6.00. The number of para-hydroxylation sites is 1. The molecule has 170 valence electrons. The highest BCUT2D eigenvalue weighted by Crippen LogP contribution is 2.24. The van der Waals surface area contributed by atoms with Crippen molar-refractivity contribution in [3.8, 4) is 17.6 Å². The van der Waals surface area contributed by atoms with E-state index in [1.54, 1.807) is 49.5 Å². The van der Waals surface area contributed by atoms with Crippen molar-refractivity contribution in [3.63, 3.8) is 0 Å². The van der Waals surface area contributed by atoms with Gasteiger partial charge in [0.1, 0.15) is 24.7 Å². The van der Waals surface area contributed by atoms with Gasteiger partial charge in [0.25, 0.3) is 0 Å². The van der Waals surface area contributed by atoms with Crippen LogP contribution in [0.3, 0.4) is 0 Å². The van der Waals surface area contributed by atoms with Crippen LogP contribution in [0.2, 0.25) is 0 Å². The number of hydrogen-bond acceptors (Lipinski definition) is 6. The van der Waals surface area contributed by atoms with Crippen LogP contribution in [-0.4, -0.2) is 40.9 Å². The molecular formula is C24H24N4O5. The van der Waals surface area contributed by atoms with Crippen molar-refractivity contribution < 1.29 is 19.1 Å². The molecule has 3 aromatic rings. The van der Waals surface area contributed by atoms with Crippen molar-refractivity contribution in [2.45, 2.75) is 18.9 Å². The molecule has 0 aliphatic carbocycles. The number of nitrogens with zero attached hydrogens (tertiary/aromatic N) is 2. The summed E-state index contributed by atoms with van der Waals surface area (Å²) < 4.78 is 8.45. The van der Waals surface area contributed by atoms with E-state index in [9.17, 15) is 19.2 Å². The van der Waals surface area contributed by atoms with Gasteiger partial charge in [-0.2, -0.15) is 0 Å². The first-order valence-corrected chi connectivity index (χ1v) is 10.3. The summed E-state index contributed by atoms with van der Waals surface area (Å²) in [5.74, 6) is 5.74. The third-order valence-electron chi connectivity index (χ3n) is 5.17. The van der Waals surface area contributed by atoms with Gasteiger partial charge in [-0.15, -0.1) is 0 Å². The second-order valence-electron chi connectivity index (χ2n) is 7.13. The lowest BCUT2D eigenvalue weighted by Crippen LogP contribution is -2.44. The summed E-state index contributed by atoms with van der Waals surface area (Å²) in [5, 5.41) is 2.30. The van der Waals surface area contributed by atoms with Crippen LogP contribution in [0, 0.1) is 11.8 Å². The molecule has 1 fully saturated rings. The van der Waals surface area contributed by atoms with Crippen molar-refractivity contribution in [1.82, 2.24) is 14.5 Å². The Hall–Kier alpha value is -4.16. The number of nitrogens with one attached hydrogen (secondary N) is 1. The van der Waals surface area contributed by atoms with E-state index in [0.29, 0.717) is 27.9 Å². The quantitative estimate of drug-likeness (QED) is 0.350. The van der Waals surface area contributed by atoms with Gasteiger partial charge in [-0.25, -0.2) is 4.79 Å². The predicted octanol–water partition coefficient (Wildman–Crippen LogP) is 1.14. The van der Waals surface area contributed by atoms with Gasteiger partial charge in [-0.05, 0) is 49.9 Å². The lowest BCUT2D eigenvalue weighted by molar-refractivity contribution is -0.135. The Labute approximate surface area is 190 Å². The van der Waals surface area contributed by atoms with Crippen LogP contribution < -0.4 is 21.5 Å². The predicted molar refractivity (Wildman–Crippen MR) is 123 cm³/mol. The fourth-order valence-corrected chi connectivity index (χ4v) is 3.66. The number of carbonyl (C=O) groups excluding carboxylic acids is 3. The van der Waals surface area contributed by atoms with E-state index in [1.807, 2.05) is 0 Å². The molecule has 9 heteroatoms. The first kappa shape index (κ1) is 23.5. The minimum atomic E-state index is -0.741. The van der Waals surface area contributed by atoms with Gasteiger partial charge >= 0.3 is 5.69 Å². The van der Waals surface area contributed by atoms with Crippen LogP contribution in [0.5, 0.6) is 5.75 Å². The van der Waals surface area contributed by atoms with Gasteiger partial charge in [0, 0.05) is 19.0 Å². The zero-order valence-corrected chi connectivity index (χ0v) is 18.3. The normalized spacial score (nSPS) is 15.1. The number of aryl methyl sites for hydroxylation is 1. The average molecular weight is 448 g/mol. The molecule has 1 aliphatic heterocycles. The average Bonchev–Trinajstić information content (AvgIpc) is 3.09. The summed E-state index contributed by atoms with van der Waals surface area (Å²) in [6.45, 7) is 0.124. The highest BCUT2D eigenvalue weighted by Gasteiger charge is 2.31. The van der Waals surface area contributed by atoms with E-state index in [2.05, 4.69) is 22.9 Å². The van der Waals surface area contributed by atoms with Gasteiger partial charge in [-0.3, -0.25) is 28.8 Å². The summed E-state index contributed by atoms with van der Waals surface area (Å²) in [6, 6.07) is 11.3. The molecule has 1 atom stereocenters. The molecule has 4 rings (SSSR count). The van der Waals surface area contributed by atoms with Crippen LogP contribution in [0.1, 0.15) is 34.8 Å². The minimum Gasteiger partial charge on any atom is -0.481 e. The van der Waals surface area contributed by atoms with Crippen molar-refractivity contribution >= 4 is 29.1 Å². The van der Waals surface area contributed by atoms with Crippen molar-refractivity contribution in [1.29, 1.82) is 0 Å². The Morgan fingerprint density at radius 1 is 1.15 bits per heavy atom. The van der Waals surface area contributed by atoms with E-state index in [4.69, 9.17) is 4.74 Å². The maximum Gasteiger partial charge on any atom is 0.329 e. The van der Waals surface area contributed by atoms with Gasteiger partial charge in [0.2, 0.25) is 11.8 Å². The van der Waals surface area contributed by atoms with E-state index in [1.165, 1.54) is 16.2 Å². The second kappa shape index (κ2) is 10.4. The van der Waals surface area contributed by atoms with Crippen LogP contribution in [0.4, 0.5) is 0 Å². The number of aldehydes is 1. The smallest absolute Gasteiger partial charge is 0.329 e. The number of carbonyl (C=O) groups is 3. The third kappa shape index (κ3) is 4.86. The largest absolute Gasteiger partial charge is 0.481 e. The summed E-state index contributed by atoms with van der Waals surface area (Å²) >= 11 is 0. The Morgan fingerprint density at radius 3 is 2.55 bits per heavy atom. The lowest BCUT2D eigenvalue weighted by atomic mass is 10.1. The number of fused-ring (bicyclic) bond motifs is 1. The van der Waals surface area contributed by atoms with E-state index in [-0.39, 0.29) is 31.0 Å². The monoisotopic (exact) mass is 448 g/mol. The van der Waals surface area contributed by atoms with Gasteiger partial charge in [-0.1, -0.05) is 17.9 Å². The van der Waals surface area contributed by atoms with E-state index < -0.39 is 11.9 Å². The summed E-state index contributed by atoms with van der Waals surface area (Å²) in [7, 11) is 3.13. The third-order valence-corrected chi connectivity index (χ3v) is 5.17. The summed E-state index contributed by atoms with van der Waals surface area (Å²) in [4.78, 5) is 47.4. The van der Waals surface area contributed by atoms with Crippen LogP contribution in [0.15, 0.2) is 47.3 Å². The molecule has 2 aromatic carbocycles. The number of rotatable bonds is 4. The molecule has 9 nitrogen and oxygen atoms in total. The van der Waals surface area contributed by atoms with E-state index >= 15 is 0 Å². The zero-order valence-electron chi connectivity index (χ0n) is 18.3. The molecule has 0 saturated carbocycles. The molecule has 0 bridgehead atoms. The number of amides is 2. The molecule has 1 unspecified atom stereocenters. The number of hydrogen-bond donors (Lipinski definition) is 2. The molecule has 0 radical (unpaired) electrons. The molecule has 2 heterocycles. The van der Waals surface area contributed by atoms with Crippen LogP contribution in [-0.2, 0) is 16.6 Å². The zero-order chi connectivity index (χ0) is 24.0. The first-order chi connectivity index (χ1) is 16.0. The maximum atomic E-state index is 12.9. The van der Waals surface area contributed by atoms with Crippen LogP contribution >= 0.6 is 0 Å². The summed E-state index contributed by atoms with van der Waals surface area (Å²) in [5.41, 5.74) is 6.54. The number of benzene rings is 2. The Balaban J connectivity index is 0.00000149. The molecule has 1 saturated heterocycles. The lowest BCUT2D eigenvalue weighted by Gasteiger charge is -2.21. The van der Waals surface area contributed by atoms with Crippen molar-refractivity contribution in [3.05, 3.63) is 64.1 Å². The number of imidazole rings is 1. The number of ether oxygens (including phenoxy) is 1. The Bertz CT molecular complexity index is 1310. The number of nitrogens with two attached hydrogens (primary N) is 1. The number of piperidine rings is 1. The molecule has 3 N–H and O–H groups in total. The minimum absolute atomic E-state index is 0.124. The first-order valence-electron chi connectivity index (χ1n) is 10.3. The van der Waals surface area contributed by atoms with Crippen molar-refractivity contribution in [2.24, 2.45) is 12.8 Å². The SMILES string of the molecule is CN.Cn1c(=O)n(C2CCC(=O)NC2=O)c2cccc(C#CCOc3ccc(C=O)cc3)c21. The summed E-state index contributed by atoms with van der Waals surface area (Å²) in [6.07, 6.45) is 1.22. The maximum absolute atomic E-state index is 12.9. The second-order valence-corrected chi connectivity index (χ2v) is 7.13. The Kier molecular flexibility index (Phi) is 7.43. The molecule has 1 aromatic heterocycles. The molecule has 0 spiro atoms. The number of imide groups is 1. The van der Waals surface area contributed by atoms with Gasteiger partial charge in [0.15, 0.2) is 0 Å². The molecule has 33 heavy (non-hydrogen) atoms. The standard InChI is InChI=1S/C23H19N3O5.CH5N/c1-25-21-16(5-3-13-31-17-9-7-15(14-27)8-10-17)4-2-6-18(21)26(23(25)30)19-11-12-20(28)24-22(19)29;1-2/h2,4,6-10,14,19H,11-13H2,1H3,(H,24,28,29);2H2,1H3. The van der Waals surface area contributed by atoms with Gasteiger partial charge in [0.05, 0.1) is 16.6 Å². The molecule has 1 aliphatic rings. The number of aromatic nitrogens is 2. The van der Waals surface area contributed by atoms with E-state index in [0.717, 1.165) is 6.29 Å². The molecular weight excluding hydrogens is 424 g/mol. The highest BCUT2D eigenvalue weighted by atomic mass is 16.5. The van der Waals surface area contributed by atoms with Gasteiger partial charge < -0.3 is 10.5 Å². The fourth-order valence-electron chi connectivity index (χ4n) is 3.66. The fraction of sp³-hybridized carbons (Fsp3) is 0.250. The van der Waals surface area contributed by atoms with Crippen molar-refractivity contribution in [2.75, 3.05) is 13.7 Å². The Morgan fingerprint density at radius 2 is 1.88 bits per heavy atom.